The van der Waals surface area contributed by atoms with Crippen LogP contribution in [0.15, 0.2) is 42.5 Å². The summed E-state index contributed by atoms with van der Waals surface area (Å²) < 4.78 is 13.2. The molecule has 2 aromatic rings. The van der Waals surface area contributed by atoms with E-state index in [1.54, 1.807) is 37.3 Å². The topological polar surface area (TPSA) is 49.4 Å². The molecule has 0 spiro atoms. The van der Waals surface area contributed by atoms with Crippen LogP contribution in [0.4, 0.5) is 4.39 Å². The van der Waals surface area contributed by atoms with E-state index in [-0.39, 0.29) is 29.9 Å². The van der Waals surface area contributed by atoms with E-state index in [0.717, 1.165) is 17.5 Å². The highest BCUT2D eigenvalue weighted by atomic mass is 35.5. The normalized spacial score (nSPS) is 11.8. The largest absolute Gasteiger partial charge is 0.354 e. The molecule has 0 saturated heterocycles. The van der Waals surface area contributed by atoms with Crippen molar-refractivity contribution in [1.29, 1.82) is 0 Å². The second-order valence-corrected chi connectivity index (χ2v) is 8.61. The molecule has 30 heavy (non-hydrogen) atoms. The predicted molar refractivity (Wildman–Crippen MR) is 122 cm³/mol. The Kier molecular flexibility index (Phi) is 9.95. The number of carbonyl (C=O) groups excluding carboxylic acids is 2. The van der Waals surface area contributed by atoms with Crippen molar-refractivity contribution in [2.45, 2.75) is 38.6 Å². The third-order valence-corrected chi connectivity index (χ3v) is 6.17. The lowest BCUT2D eigenvalue weighted by molar-refractivity contribution is -0.138. The Balaban J connectivity index is 2.08. The molecule has 0 radical (unpaired) electrons. The van der Waals surface area contributed by atoms with Crippen LogP contribution in [-0.2, 0) is 21.9 Å². The molecule has 0 aliphatic carbocycles. The molecule has 0 aromatic heterocycles. The Morgan fingerprint density at radius 2 is 1.77 bits per heavy atom. The number of rotatable bonds is 10. The molecule has 0 unspecified atom stereocenters. The van der Waals surface area contributed by atoms with Gasteiger partial charge in [0.2, 0.25) is 11.8 Å². The lowest BCUT2D eigenvalue weighted by Crippen LogP contribution is -2.48. The van der Waals surface area contributed by atoms with Gasteiger partial charge >= 0.3 is 0 Å². The molecule has 0 aliphatic rings. The van der Waals surface area contributed by atoms with Gasteiger partial charge in [-0.15, -0.1) is 11.8 Å². The van der Waals surface area contributed by atoms with Crippen LogP contribution in [0.2, 0.25) is 10.0 Å². The van der Waals surface area contributed by atoms with E-state index >= 15 is 0 Å². The molecule has 2 amide bonds. The minimum absolute atomic E-state index is 0.161. The van der Waals surface area contributed by atoms with E-state index in [4.69, 9.17) is 23.2 Å². The van der Waals surface area contributed by atoms with Gasteiger partial charge in [-0.05, 0) is 48.7 Å². The summed E-state index contributed by atoms with van der Waals surface area (Å²) >= 11 is 13.8. The molecule has 0 heterocycles. The number of benzene rings is 2. The molecule has 4 nitrogen and oxygen atoms in total. The highest BCUT2D eigenvalue weighted by molar-refractivity contribution is 7.99. The highest BCUT2D eigenvalue weighted by Gasteiger charge is 2.26. The number of carbonyl (C=O) groups is 2. The minimum atomic E-state index is -0.654. The summed E-state index contributed by atoms with van der Waals surface area (Å²) in [6.07, 6.45) is 0.804. The second kappa shape index (κ2) is 12.2. The number of hydrogen-bond donors (Lipinski definition) is 1. The number of thioether (sulfide) groups is 1. The van der Waals surface area contributed by atoms with Crippen molar-refractivity contribution in [3.8, 4) is 0 Å². The molecule has 0 aliphatic heterocycles. The van der Waals surface area contributed by atoms with Crippen molar-refractivity contribution in [2.75, 3.05) is 12.3 Å². The number of halogens is 3. The molecule has 2 aromatic carbocycles. The summed E-state index contributed by atoms with van der Waals surface area (Å²) in [6, 6.07) is 10.5. The molecule has 1 N–H and O–H groups in total. The molecule has 0 fully saturated rings. The second-order valence-electron chi connectivity index (χ2n) is 6.81. The Morgan fingerprint density at radius 1 is 1.13 bits per heavy atom. The van der Waals surface area contributed by atoms with Crippen molar-refractivity contribution < 1.29 is 14.0 Å². The van der Waals surface area contributed by atoms with E-state index in [9.17, 15) is 14.0 Å². The average molecular weight is 471 g/mol. The van der Waals surface area contributed by atoms with Crippen LogP contribution < -0.4 is 5.32 Å². The zero-order valence-electron chi connectivity index (χ0n) is 17.0. The third-order valence-electron chi connectivity index (χ3n) is 4.52. The fourth-order valence-electron chi connectivity index (χ4n) is 2.76. The van der Waals surface area contributed by atoms with Crippen LogP contribution in [0.3, 0.4) is 0 Å². The quantitative estimate of drug-likeness (QED) is 0.511. The van der Waals surface area contributed by atoms with E-state index in [2.05, 4.69) is 5.32 Å². The third kappa shape index (κ3) is 7.18. The summed E-state index contributed by atoms with van der Waals surface area (Å²) in [5, 5.41) is 3.93. The van der Waals surface area contributed by atoms with Gasteiger partial charge in [0.15, 0.2) is 0 Å². The van der Waals surface area contributed by atoms with E-state index in [1.165, 1.54) is 28.8 Å². The van der Waals surface area contributed by atoms with Gasteiger partial charge < -0.3 is 10.2 Å². The molecular formula is C22H25Cl2FN2O2S. The van der Waals surface area contributed by atoms with Crippen molar-refractivity contribution in [1.82, 2.24) is 10.2 Å². The SMILES string of the molecule is CCCNC(=O)[C@@H](C)N(Cc1ccc(F)cc1)C(=O)CSCc1c(Cl)cccc1Cl. The number of amides is 2. The first kappa shape index (κ1) is 24.5. The monoisotopic (exact) mass is 470 g/mol. The Morgan fingerprint density at radius 3 is 2.37 bits per heavy atom. The maximum atomic E-state index is 13.2. The van der Waals surface area contributed by atoms with Gasteiger partial charge in [0.05, 0.1) is 5.75 Å². The molecule has 0 saturated carbocycles. The average Bonchev–Trinajstić information content (AvgIpc) is 2.73. The summed E-state index contributed by atoms with van der Waals surface area (Å²) in [7, 11) is 0. The summed E-state index contributed by atoms with van der Waals surface area (Å²) in [6.45, 7) is 4.42. The fraction of sp³-hybridized carbons (Fsp3) is 0.364. The van der Waals surface area contributed by atoms with Gasteiger partial charge in [-0.25, -0.2) is 4.39 Å². The Hall–Kier alpha value is -1.76. The van der Waals surface area contributed by atoms with Crippen molar-refractivity contribution in [2.24, 2.45) is 0 Å². The zero-order valence-corrected chi connectivity index (χ0v) is 19.3. The molecule has 1 atom stereocenters. The first-order chi connectivity index (χ1) is 14.3. The standard InChI is InChI=1S/C22H25Cl2FN2O2S/c1-3-11-26-22(29)15(2)27(12-16-7-9-17(25)10-8-16)21(28)14-30-13-18-19(23)5-4-6-20(18)24/h4-10,15H,3,11-14H2,1-2H3,(H,26,29)/t15-/m1/s1. The fourth-order valence-corrected chi connectivity index (χ4v) is 4.41. The van der Waals surface area contributed by atoms with Gasteiger partial charge in [-0.3, -0.25) is 9.59 Å². The van der Waals surface area contributed by atoms with Crippen molar-refractivity contribution in [3.05, 3.63) is 69.5 Å². The molecule has 2 rings (SSSR count). The molecule has 0 bridgehead atoms. The lowest BCUT2D eigenvalue weighted by atomic mass is 10.1. The summed E-state index contributed by atoms with van der Waals surface area (Å²) in [5.41, 5.74) is 1.52. The number of hydrogen-bond acceptors (Lipinski definition) is 3. The summed E-state index contributed by atoms with van der Waals surface area (Å²) in [5.74, 6) is -0.116. The minimum Gasteiger partial charge on any atom is -0.354 e. The van der Waals surface area contributed by atoms with Gasteiger partial charge in [0.25, 0.3) is 0 Å². The smallest absolute Gasteiger partial charge is 0.242 e. The summed E-state index contributed by atoms with van der Waals surface area (Å²) in [4.78, 5) is 27.0. The van der Waals surface area contributed by atoms with Crippen LogP contribution in [0.1, 0.15) is 31.4 Å². The first-order valence-electron chi connectivity index (χ1n) is 9.65. The van der Waals surface area contributed by atoms with Crippen LogP contribution in [0, 0.1) is 5.82 Å². The number of nitrogens with zero attached hydrogens (tertiary/aromatic N) is 1. The van der Waals surface area contributed by atoms with E-state index in [1.807, 2.05) is 6.92 Å². The number of nitrogens with one attached hydrogen (secondary N) is 1. The van der Waals surface area contributed by atoms with Gasteiger partial charge in [0.1, 0.15) is 11.9 Å². The molecule has 162 valence electrons. The molecular weight excluding hydrogens is 446 g/mol. The van der Waals surface area contributed by atoms with Crippen LogP contribution >= 0.6 is 35.0 Å². The van der Waals surface area contributed by atoms with Gasteiger partial charge in [0, 0.05) is 28.9 Å². The zero-order chi connectivity index (χ0) is 22.1. The van der Waals surface area contributed by atoms with Gasteiger partial charge in [-0.2, -0.15) is 0 Å². The van der Waals surface area contributed by atoms with Crippen molar-refractivity contribution >= 4 is 46.8 Å². The highest BCUT2D eigenvalue weighted by Crippen LogP contribution is 2.28. The van der Waals surface area contributed by atoms with Crippen LogP contribution in [-0.4, -0.2) is 35.1 Å². The predicted octanol–water partition coefficient (Wildman–Crippen LogP) is 5.31. The van der Waals surface area contributed by atoms with E-state index in [0.29, 0.717) is 22.3 Å². The van der Waals surface area contributed by atoms with E-state index < -0.39 is 6.04 Å². The Bertz CT molecular complexity index is 844. The van der Waals surface area contributed by atoms with Gasteiger partial charge in [-0.1, -0.05) is 48.3 Å². The Labute approximate surface area is 191 Å². The maximum absolute atomic E-state index is 13.2. The molecule has 8 heteroatoms. The first-order valence-corrected chi connectivity index (χ1v) is 11.6. The van der Waals surface area contributed by atoms with Crippen LogP contribution in [0.5, 0.6) is 0 Å². The lowest BCUT2D eigenvalue weighted by Gasteiger charge is -2.28. The van der Waals surface area contributed by atoms with Crippen molar-refractivity contribution in [3.63, 3.8) is 0 Å². The maximum Gasteiger partial charge on any atom is 0.242 e. The van der Waals surface area contributed by atoms with Crippen LogP contribution in [0.25, 0.3) is 0 Å².